The second-order valence-corrected chi connectivity index (χ2v) is 11.2. The van der Waals surface area contributed by atoms with Gasteiger partial charge in [0.15, 0.2) is 16.4 Å². The fourth-order valence-electron chi connectivity index (χ4n) is 3.39. The minimum Gasteiger partial charge on any atom is -0.482 e. The monoisotopic (exact) mass is 420 g/mol. The number of ether oxygens (including phenoxy) is 1. The minimum absolute atomic E-state index is 0.0104. The van der Waals surface area contributed by atoms with Crippen molar-refractivity contribution < 1.29 is 26.4 Å². The third kappa shape index (κ3) is 3.19. The summed E-state index contributed by atoms with van der Waals surface area (Å²) in [4.78, 5) is 11.3. The van der Waals surface area contributed by atoms with Gasteiger partial charge in [-0.15, -0.1) is 0 Å². The first kappa shape index (κ1) is 18.0. The molecule has 2 aliphatic heterocycles. The SMILES string of the molecule is O=C1COc2cc(S(=O)(=O)N(C3CC3)C3CCS(=O)(=O)C3)c(Cl)cc2N1. The van der Waals surface area contributed by atoms with E-state index < -0.39 is 25.9 Å². The van der Waals surface area contributed by atoms with Crippen LogP contribution in [0.5, 0.6) is 5.75 Å². The summed E-state index contributed by atoms with van der Waals surface area (Å²) >= 11 is 6.19. The molecule has 1 aliphatic carbocycles. The molecule has 0 spiro atoms. The molecule has 8 nitrogen and oxygen atoms in total. The molecule has 0 bridgehead atoms. The van der Waals surface area contributed by atoms with Crippen LogP contribution in [0.15, 0.2) is 17.0 Å². The van der Waals surface area contributed by atoms with E-state index in [0.717, 1.165) is 0 Å². The van der Waals surface area contributed by atoms with E-state index in [1.807, 2.05) is 0 Å². The van der Waals surface area contributed by atoms with Crippen LogP contribution in [0.2, 0.25) is 5.02 Å². The second kappa shape index (κ2) is 6.08. The molecular formula is C15H17ClN2O6S2. The molecule has 3 aliphatic rings. The average Bonchev–Trinajstić information content (AvgIpc) is 3.29. The van der Waals surface area contributed by atoms with Crippen molar-refractivity contribution in [2.45, 2.75) is 36.2 Å². The zero-order valence-electron chi connectivity index (χ0n) is 13.6. The van der Waals surface area contributed by atoms with Gasteiger partial charge in [0.2, 0.25) is 10.0 Å². The molecule has 26 heavy (non-hydrogen) atoms. The summed E-state index contributed by atoms with van der Waals surface area (Å²) < 4.78 is 56.8. The van der Waals surface area contributed by atoms with E-state index in [1.54, 1.807) is 0 Å². The first-order valence-electron chi connectivity index (χ1n) is 8.17. The van der Waals surface area contributed by atoms with Gasteiger partial charge in [0.25, 0.3) is 5.91 Å². The molecular weight excluding hydrogens is 404 g/mol. The first-order valence-corrected chi connectivity index (χ1v) is 11.8. The topological polar surface area (TPSA) is 110 Å². The lowest BCUT2D eigenvalue weighted by Gasteiger charge is -2.28. The molecule has 1 aromatic carbocycles. The number of carbonyl (C=O) groups excluding carboxylic acids is 1. The Bertz CT molecular complexity index is 988. The van der Waals surface area contributed by atoms with Gasteiger partial charge in [-0.25, -0.2) is 16.8 Å². The molecule has 1 atom stereocenters. The smallest absolute Gasteiger partial charge is 0.262 e. The quantitative estimate of drug-likeness (QED) is 0.778. The lowest BCUT2D eigenvalue weighted by Crippen LogP contribution is -2.42. The van der Waals surface area contributed by atoms with Crippen molar-refractivity contribution in [3.8, 4) is 5.75 Å². The molecule has 1 saturated carbocycles. The van der Waals surface area contributed by atoms with Gasteiger partial charge in [0.05, 0.1) is 22.2 Å². The second-order valence-electron chi connectivity index (χ2n) is 6.74. The molecule has 2 heterocycles. The number of anilines is 1. The van der Waals surface area contributed by atoms with E-state index in [1.165, 1.54) is 16.4 Å². The summed E-state index contributed by atoms with van der Waals surface area (Å²) in [5.41, 5.74) is 0.312. The molecule has 142 valence electrons. The normalized spacial score (nSPS) is 24.8. The van der Waals surface area contributed by atoms with Crippen LogP contribution in [-0.4, -0.2) is 57.2 Å². The number of sulfonamides is 1. The number of nitrogens with zero attached hydrogens (tertiary/aromatic N) is 1. The third-order valence-electron chi connectivity index (χ3n) is 4.70. The Morgan fingerprint density at radius 2 is 1.92 bits per heavy atom. The molecule has 0 aromatic heterocycles. The predicted molar refractivity (Wildman–Crippen MR) is 94.7 cm³/mol. The molecule has 1 unspecified atom stereocenters. The summed E-state index contributed by atoms with van der Waals surface area (Å²) in [5.74, 6) is -0.302. The molecule has 1 aromatic rings. The maximum absolute atomic E-state index is 13.3. The Morgan fingerprint density at radius 1 is 1.19 bits per heavy atom. The van der Waals surface area contributed by atoms with Crippen molar-refractivity contribution in [2.24, 2.45) is 0 Å². The van der Waals surface area contributed by atoms with Gasteiger partial charge in [0.1, 0.15) is 10.6 Å². The van der Waals surface area contributed by atoms with Gasteiger partial charge in [-0.05, 0) is 25.3 Å². The van der Waals surface area contributed by atoms with Crippen LogP contribution >= 0.6 is 11.6 Å². The number of hydrogen-bond donors (Lipinski definition) is 1. The van der Waals surface area contributed by atoms with Crippen molar-refractivity contribution in [3.05, 3.63) is 17.2 Å². The number of nitrogens with one attached hydrogen (secondary N) is 1. The number of benzene rings is 1. The summed E-state index contributed by atoms with van der Waals surface area (Å²) in [6.07, 6.45) is 1.68. The van der Waals surface area contributed by atoms with Crippen molar-refractivity contribution in [1.82, 2.24) is 4.31 Å². The van der Waals surface area contributed by atoms with Crippen LogP contribution in [0.1, 0.15) is 19.3 Å². The van der Waals surface area contributed by atoms with Crippen molar-refractivity contribution in [1.29, 1.82) is 0 Å². The zero-order chi connectivity index (χ0) is 18.7. The summed E-state index contributed by atoms with van der Waals surface area (Å²) in [6, 6.07) is 1.86. The molecule has 1 N–H and O–H groups in total. The van der Waals surface area contributed by atoms with Crippen LogP contribution in [0.3, 0.4) is 0 Å². The van der Waals surface area contributed by atoms with Gasteiger partial charge in [-0.1, -0.05) is 11.6 Å². The number of hydrogen-bond acceptors (Lipinski definition) is 6. The number of halogens is 1. The Hall–Kier alpha value is -1.36. The molecule has 1 amide bonds. The standard InChI is InChI=1S/C15H17ClN2O6S2/c16-11-5-12-13(24-7-15(19)17-12)6-14(11)26(22,23)18(9-1-2-9)10-3-4-25(20,21)8-10/h5-6,9-10H,1-4,7-8H2,(H,17,19). The van der Waals surface area contributed by atoms with E-state index in [9.17, 15) is 21.6 Å². The molecule has 1 saturated heterocycles. The number of amides is 1. The van der Waals surface area contributed by atoms with Crippen LogP contribution in [0.25, 0.3) is 0 Å². The molecule has 0 radical (unpaired) electrons. The zero-order valence-corrected chi connectivity index (χ0v) is 16.0. The molecule has 2 fully saturated rings. The largest absolute Gasteiger partial charge is 0.482 e. The number of carbonyl (C=O) groups is 1. The summed E-state index contributed by atoms with van der Waals surface area (Å²) in [6.45, 7) is -0.207. The predicted octanol–water partition coefficient (Wildman–Crippen LogP) is 1.01. The average molecular weight is 421 g/mol. The highest BCUT2D eigenvalue weighted by molar-refractivity contribution is 7.92. The highest BCUT2D eigenvalue weighted by atomic mass is 35.5. The number of sulfone groups is 1. The highest BCUT2D eigenvalue weighted by Gasteiger charge is 2.47. The number of fused-ring (bicyclic) bond motifs is 1. The Balaban J connectivity index is 1.74. The third-order valence-corrected chi connectivity index (χ3v) is 8.92. The van der Waals surface area contributed by atoms with Gasteiger partial charge >= 0.3 is 0 Å². The van der Waals surface area contributed by atoms with Crippen LogP contribution in [0.4, 0.5) is 5.69 Å². The summed E-state index contributed by atoms with van der Waals surface area (Å²) in [5, 5.41) is 2.53. The lowest BCUT2D eigenvalue weighted by molar-refractivity contribution is -0.118. The number of rotatable bonds is 4. The fourth-order valence-corrected chi connectivity index (χ4v) is 7.61. The minimum atomic E-state index is -4.00. The van der Waals surface area contributed by atoms with E-state index in [0.29, 0.717) is 18.5 Å². The van der Waals surface area contributed by atoms with E-state index in [2.05, 4.69) is 5.32 Å². The maximum atomic E-state index is 13.3. The van der Waals surface area contributed by atoms with Crippen molar-refractivity contribution in [2.75, 3.05) is 23.4 Å². The van der Waals surface area contributed by atoms with Crippen LogP contribution in [0, 0.1) is 0 Å². The Labute approximate surface area is 156 Å². The summed E-state index contributed by atoms with van der Waals surface area (Å²) in [7, 11) is -7.24. The van der Waals surface area contributed by atoms with E-state index in [-0.39, 0.29) is 52.2 Å². The van der Waals surface area contributed by atoms with Gasteiger partial charge in [-0.2, -0.15) is 4.31 Å². The van der Waals surface area contributed by atoms with Gasteiger partial charge < -0.3 is 10.1 Å². The van der Waals surface area contributed by atoms with Gasteiger partial charge in [-0.3, -0.25) is 4.79 Å². The Morgan fingerprint density at radius 3 is 2.54 bits per heavy atom. The van der Waals surface area contributed by atoms with Crippen LogP contribution in [-0.2, 0) is 24.7 Å². The maximum Gasteiger partial charge on any atom is 0.262 e. The van der Waals surface area contributed by atoms with Crippen molar-refractivity contribution >= 4 is 43.1 Å². The van der Waals surface area contributed by atoms with E-state index in [4.69, 9.17) is 16.3 Å². The highest BCUT2D eigenvalue weighted by Crippen LogP contribution is 2.41. The molecule has 11 heteroatoms. The van der Waals surface area contributed by atoms with Gasteiger partial charge in [0, 0.05) is 18.2 Å². The molecule has 4 rings (SSSR count). The van der Waals surface area contributed by atoms with E-state index >= 15 is 0 Å². The van der Waals surface area contributed by atoms with Crippen molar-refractivity contribution in [3.63, 3.8) is 0 Å². The first-order chi connectivity index (χ1) is 12.2. The Kier molecular flexibility index (Phi) is 4.22. The fraction of sp³-hybridized carbons (Fsp3) is 0.533. The van der Waals surface area contributed by atoms with Crippen LogP contribution < -0.4 is 10.1 Å². The lowest BCUT2D eigenvalue weighted by atomic mass is 10.2.